The molecular weight excluding hydrogens is 541 g/mol. The van der Waals surface area contributed by atoms with E-state index in [4.69, 9.17) is 0 Å². The van der Waals surface area contributed by atoms with Crippen molar-refractivity contribution in [3.63, 3.8) is 0 Å². The molecule has 0 radical (unpaired) electrons. The molecule has 0 saturated heterocycles. The minimum Gasteiger partial charge on any atom is -0.309 e. The second-order valence-corrected chi connectivity index (χ2v) is 12.4. The van der Waals surface area contributed by atoms with E-state index in [-0.39, 0.29) is 0 Å². The van der Waals surface area contributed by atoms with Gasteiger partial charge in [0.2, 0.25) is 0 Å². The summed E-state index contributed by atoms with van der Waals surface area (Å²) >= 11 is 1.87. The molecule has 3 aromatic heterocycles. The van der Waals surface area contributed by atoms with Gasteiger partial charge in [-0.2, -0.15) is 0 Å². The summed E-state index contributed by atoms with van der Waals surface area (Å²) in [4.78, 5) is 0. The van der Waals surface area contributed by atoms with E-state index in [2.05, 4.69) is 155 Å². The maximum Gasteiger partial charge on any atom is 0.0619 e. The molecule has 0 bridgehead atoms. The van der Waals surface area contributed by atoms with Crippen LogP contribution in [0.4, 0.5) is 0 Å². The van der Waals surface area contributed by atoms with Crippen molar-refractivity contribution in [2.75, 3.05) is 0 Å². The molecule has 0 aliphatic heterocycles. The normalized spacial score (nSPS) is 12.2. The fourth-order valence-corrected chi connectivity index (χ4v) is 8.39. The van der Waals surface area contributed by atoms with Gasteiger partial charge in [-0.1, -0.05) is 91.0 Å². The third kappa shape index (κ3) is 3.12. The largest absolute Gasteiger partial charge is 0.309 e. The first-order valence-electron chi connectivity index (χ1n) is 14.7. The molecule has 0 fully saturated rings. The van der Waals surface area contributed by atoms with E-state index in [1.807, 2.05) is 11.3 Å². The summed E-state index contributed by atoms with van der Waals surface area (Å²) < 4.78 is 7.58. The Balaban J connectivity index is 1.39. The standard InChI is InChI=1S/C40H24N2S/c1-2-11-26(12-3-1)42-35-22-21-34-38(39(35)31-20-18-25-10-4-5-13-28(25)40(31)42)30-15-6-8-16-33(30)41(34)27-19-23-37-32(24-27)29-14-7-9-17-36(29)43-37/h1-24H. The molecule has 0 amide bonds. The van der Waals surface area contributed by atoms with Crippen LogP contribution in [0.25, 0.3) is 85.9 Å². The van der Waals surface area contributed by atoms with Gasteiger partial charge in [-0.3, -0.25) is 0 Å². The van der Waals surface area contributed by atoms with Gasteiger partial charge in [0, 0.05) is 58.5 Å². The Morgan fingerprint density at radius 1 is 0.372 bits per heavy atom. The Hall–Kier alpha value is -5.38. The zero-order chi connectivity index (χ0) is 28.1. The fourth-order valence-electron chi connectivity index (χ4n) is 7.30. The molecule has 0 aliphatic carbocycles. The Morgan fingerprint density at radius 2 is 1.05 bits per heavy atom. The fraction of sp³-hybridized carbons (Fsp3) is 0. The Bertz CT molecular complexity index is 2720. The Kier molecular flexibility index (Phi) is 4.63. The second kappa shape index (κ2) is 8.57. The van der Waals surface area contributed by atoms with Crippen LogP contribution in [0.1, 0.15) is 0 Å². The summed E-state index contributed by atoms with van der Waals surface area (Å²) in [6.07, 6.45) is 0. The third-order valence-electron chi connectivity index (χ3n) is 9.08. The summed E-state index contributed by atoms with van der Waals surface area (Å²) in [7, 11) is 0. The molecule has 0 aliphatic rings. The van der Waals surface area contributed by atoms with Crippen LogP contribution in [-0.2, 0) is 0 Å². The van der Waals surface area contributed by atoms with Crippen LogP contribution in [0.15, 0.2) is 146 Å². The van der Waals surface area contributed by atoms with Gasteiger partial charge < -0.3 is 9.13 Å². The van der Waals surface area contributed by atoms with Crippen molar-refractivity contribution >= 4 is 85.9 Å². The highest BCUT2D eigenvalue weighted by Crippen LogP contribution is 2.44. The second-order valence-electron chi connectivity index (χ2n) is 11.3. The highest BCUT2D eigenvalue weighted by molar-refractivity contribution is 7.25. The van der Waals surface area contributed by atoms with E-state index in [0.29, 0.717) is 0 Å². The van der Waals surface area contributed by atoms with Crippen molar-refractivity contribution in [2.24, 2.45) is 0 Å². The molecule has 43 heavy (non-hydrogen) atoms. The van der Waals surface area contributed by atoms with Gasteiger partial charge in [-0.25, -0.2) is 0 Å². The lowest BCUT2D eigenvalue weighted by Crippen LogP contribution is -1.95. The van der Waals surface area contributed by atoms with Gasteiger partial charge in [-0.15, -0.1) is 11.3 Å². The maximum absolute atomic E-state index is 2.46. The lowest BCUT2D eigenvalue weighted by atomic mass is 10.0. The molecule has 0 N–H and O–H groups in total. The lowest BCUT2D eigenvalue weighted by molar-refractivity contribution is 1.18. The van der Waals surface area contributed by atoms with Gasteiger partial charge in [0.15, 0.2) is 0 Å². The zero-order valence-electron chi connectivity index (χ0n) is 23.2. The zero-order valence-corrected chi connectivity index (χ0v) is 24.0. The van der Waals surface area contributed by atoms with E-state index in [0.717, 1.165) is 0 Å². The van der Waals surface area contributed by atoms with Crippen LogP contribution < -0.4 is 0 Å². The van der Waals surface area contributed by atoms with Gasteiger partial charge in [0.25, 0.3) is 0 Å². The van der Waals surface area contributed by atoms with Crippen molar-refractivity contribution in [3.05, 3.63) is 146 Å². The van der Waals surface area contributed by atoms with E-state index in [1.165, 1.54) is 85.9 Å². The molecule has 3 heteroatoms. The van der Waals surface area contributed by atoms with Crippen molar-refractivity contribution in [1.29, 1.82) is 0 Å². The van der Waals surface area contributed by atoms with Crippen LogP contribution in [-0.4, -0.2) is 9.13 Å². The van der Waals surface area contributed by atoms with Gasteiger partial charge in [-0.05, 0) is 60.0 Å². The van der Waals surface area contributed by atoms with Crippen molar-refractivity contribution < 1.29 is 0 Å². The first kappa shape index (κ1) is 23.2. The van der Waals surface area contributed by atoms with Crippen LogP contribution in [0.3, 0.4) is 0 Å². The first-order valence-corrected chi connectivity index (χ1v) is 15.5. The van der Waals surface area contributed by atoms with Gasteiger partial charge in [0.1, 0.15) is 0 Å². The summed E-state index contributed by atoms with van der Waals surface area (Å²) in [6.45, 7) is 0. The number of para-hydroxylation sites is 2. The van der Waals surface area contributed by atoms with Crippen LogP contribution in [0.5, 0.6) is 0 Å². The number of nitrogens with zero attached hydrogens (tertiary/aromatic N) is 2. The lowest BCUT2D eigenvalue weighted by Gasteiger charge is -2.10. The third-order valence-corrected chi connectivity index (χ3v) is 10.2. The van der Waals surface area contributed by atoms with Crippen molar-refractivity contribution in [3.8, 4) is 11.4 Å². The highest BCUT2D eigenvalue weighted by Gasteiger charge is 2.21. The van der Waals surface area contributed by atoms with Crippen LogP contribution in [0.2, 0.25) is 0 Å². The molecule has 3 heterocycles. The van der Waals surface area contributed by atoms with Crippen LogP contribution in [0, 0.1) is 0 Å². The number of rotatable bonds is 2. The van der Waals surface area contributed by atoms with Crippen molar-refractivity contribution in [2.45, 2.75) is 0 Å². The number of hydrogen-bond acceptors (Lipinski definition) is 1. The quantitative estimate of drug-likeness (QED) is 0.198. The highest BCUT2D eigenvalue weighted by atomic mass is 32.1. The van der Waals surface area contributed by atoms with Crippen LogP contribution >= 0.6 is 11.3 Å². The molecule has 10 aromatic rings. The summed E-state index contributed by atoms with van der Waals surface area (Å²) in [5.41, 5.74) is 7.32. The van der Waals surface area contributed by atoms with E-state index in [1.54, 1.807) is 0 Å². The summed E-state index contributed by atoms with van der Waals surface area (Å²) in [6, 6.07) is 53.4. The summed E-state index contributed by atoms with van der Waals surface area (Å²) in [5.74, 6) is 0. The van der Waals surface area contributed by atoms with Crippen molar-refractivity contribution in [1.82, 2.24) is 9.13 Å². The average molecular weight is 565 g/mol. The van der Waals surface area contributed by atoms with E-state index in [9.17, 15) is 0 Å². The van der Waals surface area contributed by atoms with E-state index >= 15 is 0 Å². The summed E-state index contributed by atoms with van der Waals surface area (Å²) in [5, 5.41) is 10.3. The minimum atomic E-state index is 1.18. The molecule has 0 unspecified atom stereocenters. The predicted octanol–water partition coefficient (Wildman–Crippen LogP) is 11.4. The number of hydrogen-bond donors (Lipinski definition) is 0. The molecule has 10 rings (SSSR count). The smallest absolute Gasteiger partial charge is 0.0619 e. The Morgan fingerprint density at radius 3 is 1.93 bits per heavy atom. The molecule has 0 saturated carbocycles. The first-order chi connectivity index (χ1) is 21.3. The van der Waals surface area contributed by atoms with Gasteiger partial charge in [0.05, 0.1) is 22.1 Å². The Labute approximate surface area is 251 Å². The SMILES string of the molecule is c1ccc(-n2c3ccc4c(c5ccccc5n4-c4ccc5sc6ccccc6c5c4)c3c3ccc4ccccc4c32)cc1. The van der Waals surface area contributed by atoms with Gasteiger partial charge >= 0.3 is 0 Å². The molecule has 0 spiro atoms. The maximum atomic E-state index is 2.46. The average Bonchev–Trinajstić information content (AvgIpc) is 3.72. The van der Waals surface area contributed by atoms with E-state index < -0.39 is 0 Å². The monoisotopic (exact) mass is 564 g/mol. The molecule has 200 valence electrons. The molecule has 2 nitrogen and oxygen atoms in total. The number of thiophene rings is 1. The number of benzene rings is 7. The molecule has 7 aromatic carbocycles. The molecular formula is C40H24N2S. The topological polar surface area (TPSA) is 9.86 Å². The number of aromatic nitrogens is 2. The molecule has 0 atom stereocenters. The minimum absolute atomic E-state index is 1.18. The predicted molar refractivity (Wildman–Crippen MR) is 186 cm³/mol. The number of fused-ring (bicyclic) bond motifs is 12.